The van der Waals surface area contributed by atoms with E-state index in [0.29, 0.717) is 22.9 Å². The summed E-state index contributed by atoms with van der Waals surface area (Å²) in [4.78, 5) is 41.6. The van der Waals surface area contributed by atoms with Gasteiger partial charge < -0.3 is 10.1 Å². The molecule has 2 N–H and O–H groups in total. The number of aromatic nitrogens is 2. The van der Waals surface area contributed by atoms with Crippen LogP contribution in [-0.4, -0.2) is 46.9 Å². The summed E-state index contributed by atoms with van der Waals surface area (Å²) in [5.41, 5.74) is -0.104. The van der Waals surface area contributed by atoms with Crippen molar-refractivity contribution in [1.82, 2.24) is 15.1 Å². The van der Waals surface area contributed by atoms with E-state index in [2.05, 4.69) is 15.7 Å². The van der Waals surface area contributed by atoms with E-state index in [4.69, 9.17) is 4.74 Å². The number of alkyl halides is 3. The number of carbonyl (C=O) groups is 3. The van der Waals surface area contributed by atoms with Crippen molar-refractivity contribution in [2.45, 2.75) is 32.0 Å². The predicted octanol–water partition coefficient (Wildman–Crippen LogP) is 5.90. The van der Waals surface area contributed by atoms with Crippen LogP contribution in [0.2, 0.25) is 0 Å². The predicted molar refractivity (Wildman–Crippen MR) is 153 cm³/mol. The molecule has 2 heterocycles. The fourth-order valence-corrected chi connectivity index (χ4v) is 5.20. The van der Waals surface area contributed by atoms with E-state index in [1.165, 1.54) is 39.9 Å². The number of hydrogen-bond acceptors (Lipinski definition) is 5. The number of hydrogen-bond donors (Lipinski definition) is 2. The number of carbonyl (C=O) groups excluding carboxylic acids is 3. The van der Waals surface area contributed by atoms with Gasteiger partial charge in [-0.1, -0.05) is 36.4 Å². The van der Waals surface area contributed by atoms with E-state index >= 15 is 0 Å². The Bertz CT molecular complexity index is 1690. The van der Waals surface area contributed by atoms with Crippen LogP contribution in [0.15, 0.2) is 78.9 Å². The van der Waals surface area contributed by atoms with Gasteiger partial charge in [0.1, 0.15) is 17.7 Å². The lowest BCUT2D eigenvalue weighted by Gasteiger charge is -2.38. The van der Waals surface area contributed by atoms with E-state index in [-0.39, 0.29) is 30.4 Å². The Labute approximate surface area is 249 Å². The molecule has 3 amide bonds. The zero-order valence-electron chi connectivity index (χ0n) is 23.6. The molecule has 4 aromatic rings. The number of benzene rings is 3. The number of nitrogens with one attached hydrogen (secondary N) is 2. The number of amides is 3. The molecule has 0 saturated heterocycles. The number of rotatable bonds is 7. The molecule has 0 spiro atoms. The average Bonchev–Trinajstić information content (AvgIpc) is 3.36. The Balaban J connectivity index is 1.70. The number of para-hydroxylation sites is 1. The highest BCUT2D eigenvalue weighted by molar-refractivity contribution is 6.06. The van der Waals surface area contributed by atoms with Gasteiger partial charge in [0.25, 0.3) is 11.8 Å². The zero-order chi connectivity index (χ0) is 31.6. The molecule has 0 bridgehead atoms. The number of ether oxygens (including phenoxy) is 1. The largest absolute Gasteiger partial charge is 0.450 e. The second kappa shape index (κ2) is 12.2. The number of likely N-dealkylation sites (N-methyl/N-ethyl adjacent to an activating group) is 1. The summed E-state index contributed by atoms with van der Waals surface area (Å²) in [5, 5.41) is 9.85. The Morgan fingerprint density at radius 1 is 0.977 bits per heavy atom. The van der Waals surface area contributed by atoms with Crippen molar-refractivity contribution in [3.8, 4) is 5.69 Å². The summed E-state index contributed by atoms with van der Waals surface area (Å²) in [6, 6.07) is 16.5. The Kier molecular flexibility index (Phi) is 8.39. The maximum Gasteiger partial charge on any atom is 0.416 e. The first-order valence-electron chi connectivity index (χ1n) is 13.7. The molecular formula is C31H27F4N5O4. The molecule has 0 radical (unpaired) electrons. The van der Waals surface area contributed by atoms with Crippen LogP contribution < -0.4 is 15.5 Å². The highest BCUT2D eigenvalue weighted by Crippen LogP contribution is 2.45. The van der Waals surface area contributed by atoms with E-state index in [1.54, 1.807) is 44.2 Å². The van der Waals surface area contributed by atoms with Gasteiger partial charge in [-0.05, 0) is 61.9 Å². The second-order valence-corrected chi connectivity index (χ2v) is 9.82. The van der Waals surface area contributed by atoms with E-state index in [1.807, 2.05) is 0 Å². The van der Waals surface area contributed by atoms with Crippen molar-refractivity contribution >= 4 is 29.5 Å². The molecule has 44 heavy (non-hydrogen) atoms. The first kappa shape index (κ1) is 30.3. The van der Waals surface area contributed by atoms with Crippen LogP contribution in [0.5, 0.6) is 0 Å². The van der Waals surface area contributed by atoms with Crippen molar-refractivity contribution in [1.29, 1.82) is 0 Å². The van der Waals surface area contributed by atoms with E-state index in [9.17, 15) is 31.9 Å². The molecule has 2 atom stereocenters. The molecular weight excluding hydrogens is 582 g/mol. The van der Waals surface area contributed by atoms with Gasteiger partial charge in [0.15, 0.2) is 5.82 Å². The quantitative estimate of drug-likeness (QED) is 0.254. The molecule has 9 nitrogen and oxygen atoms in total. The minimum atomic E-state index is -4.69. The third-order valence-corrected chi connectivity index (χ3v) is 7.11. The van der Waals surface area contributed by atoms with Gasteiger partial charge in [0, 0.05) is 23.6 Å². The lowest BCUT2D eigenvalue weighted by atomic mass is 9.81. The van der Waals surface area contributed by atoms with E-state index < -0.39 is 47.4 Å². The molecule has 0 aliphatic carbocycles. The van der Waals surface area contributed by atoms with Gasteiger partial charge in [-0.25, -0.2) is 13.9 Å². The third-order valence-electron chi connectivity index (χ3n) is 7.11. The monoisotopic (exact) mass is 609 g/mol. The van der Waals surface area contributed by atoms with Crippen LogP contribution in [0.1, 0.15) is 46.8 Å². The minimum Gasteiger partial charge on any atom is -0.450 e. The normalized spacial score (nSPS) is 16.3. The van der Waals surface area contributed by atoms with Crippen LogP contribution in [0.3, 0.4) is 0 Å². The summed E-state index contributed by atoms with van der Waals surface area (Å²) < 4.78 is 60.8. The van der Waals surface area contributed by atoms with Gasteiger partial charge >= 0.3 is 12.3 Å². The summed E-state index contributed by atoms with van der Waals surface area (Å²) in [5.74, 6) is -2.83. The molecule has 3 aromatic carbocycles. The molecule has 1 aromatic heterocycles. The molecule has 0 unspecified atom stereocenters. The van der Waals surface area contributed by atoms with Crippen molar-refractivity contribution < 1.29 is 36.7 Å². The molecule has 1 aliphatic heterocycles. The highest BCUT2D eigenvalue weighted by Gasteiger charge is 2.46. The molecule has 0 fully saturated rings. The van der Waals surface area contributed by atoms with Crippen LogP contribution in [0.25, 0.3) is 5.69 Å². The minimum absolute atomic E-state index is 0.0147. The maximum absolute atomic E-state index is 14.2. The maximum atomic E-state index is 14.2. The van der Waals surface area contributed by atoms with E-state index in [0.717, 1.165) is 12.1 Å². The first-order valence-corrected chi connectivity index (χ1v) is 13.7. The number of anilines is 2. The third kappa shape index (κ3) is 5.85. The molecule has 13 heteroatoms. The van der Waals surface area contributed by atoms with Gasteiger partial charge in [-0.2, -0.15) is 13.2 Å². The fourth-order valence-electron chi connectivity index (χ4n) is 5.20. The fraction of sp³-hybridized carbons (Fsp3) is 0.226. The number of halogens is 4. The van der Waals surface area contributed by atoms with Crippen molar-refractivity contribution in [3.05, 3.63) is 107 Å². The van der Waals surface area contributed by atoms with Gasteiger partial charge in [0.2, 0.25) is 0 Å². The van der Waals surface area contributed by atoms with Gasteiger partial charge in [0.05, 0.1) is 17.9 Å². The lowest BCUT2D eigenvalue weighted by molar-refractivity contribution is -0.137. The van der Waals surface area contributed by atoms with Crippen molar-refractivity contribution in [2.24, 2.45) is 0 Å². The van der Waals surface area contributed by atoms with Crippen LogP contribution >= 0.6 is 0 Å². The van der Waals surface area contributed by atoms with Crippen LogP contribution in [0, 0.1) is 5.82 Å². The van der Waals surface area contributed by atoms with Gasteiger partial charge in [-0.15, -0.1) is 5.10 Å². The Morgan fingerprint density at radius 3 is 2.32 bits per heavy atom. The second-order valence-electron chi connectivity index (χ2n) is 9.82. The summed E-state index contributed by atoms with van der Waals surface area (Å²) in [6.07, 6.45) is -5.52. The number of nitrogens with zero attached hydrogens (tertiary/aromatic N) is 3. The molecule has 228 valence electrons. The van der Waals surface area contributed by atoms with Crippen molar-refractivity contribution in [2.75, 3.05) is 23.4 Å². The highest BCUT2D eigenvalue weighted by atomic mass is 19.4. The molecule has 1 aliphatic rings. The molecule has 5 rings (SSSR count). The SMILES string of the molecule is CCOC(=O)Nc1nn(-c2ccccc2)c2c1[C@H](c1ccc(F)cc1)[C@H](NC(=O)c1cccc(C(F)(F)F)c1)C(=O)N2CC. The van der Waals surface area contributed by atoms with Crippen molar-refractivity contribution in [3.63, 3.8) is 0 Å². The summed E-state index contributed by atoms with van der Waals surface area (Å²) in [7, 11) is 0. The smallest absolute Gasteiger partial charge is 0.416 e. The van der Waals surface area contributed by atoms with Crippen LogP contribution in [-0.2, 0) is 15.7 Å². The summed E-state index contributed by atoms with van der Waals surface area (Å²) >= 11 is 0. The average molecular weight is 610 g/mol. The lowest BCUT2D eigenvalue weighted by Crippen LogP contribution is -2.55. The number of fused-ring (bicyclic) bond motifs is 1. The standard InChI is InChI=1S/C31H27F4N5O4/c1-3-39-28-24(26(37-30(43)44-4-2)38-40(28)22-11-6-5-7-12-22)23(18-13-15-21(32)16-14-18)25(29(39)42)36-27(41)19-9-8-10-20(17-19)31(33,34)35/h5-17,23,25H,3-4H2,1-2H3,(H,36,41)(H,37,38,43)/t23-,25-/m0/s1. The Morgan fingerprint density at radius 2 is 1.68 bits per heavy atom. The van der Waals surface area contributed by atoms with Gasteiger partial charge in [-0.3, -0.25) is 19.8 Å². The molecule has 0 saturated carbocycles. The summed E-state index contributed by atoms with van der Waals surface area (Å²) in [6.45, 7) is 3.49. The van der Waals surface area contributed by atoms with Crippen LogP contribution in [0.4, 0.5) is 34.0 Å². The topological polar surface area (TPSA) is 106 Å². The zero-order valence-corrected chi connectivity index (χ0v) is 23.6. The Hall–Kier alpha value is -5.20. The first-order chi connectivity index (χ1) is 21.0.